The SMILES string of the molecule is O=C1NCCC2(CCN(c3nnnn3CC3=CCCCC3)CC2)O1. The summed E-state index contributed by atoms with van der Waals surface area (Å²) in [6, 6.07) is 0. The molecule has 0 aromatic carbocycles. The molecule has 1 aliphatic carbocycles. The number of hydrogen-bond donors (Lipinski definition) is 1. The highest BCUT2D eigenvalue weighted by atomic mass is 16.6. The maximum atomic E-state index is 11.5. The van der Waals surface area contributed by atoms with Crippen LogP contribution in [-0.2, 0) is 11.3 Å². The molecule has 0 radical (unpaired) electrons. The first-order valence-electron chi connectivity index (χ1n) is 8.90. The topological polar surface area (TPSA) is 85.2 Å². The van der Waals surface area contributed by atoms with E-state index in [0.29, 0.717) is 6.54 Å². The quantitative estimate of drug-likeness (QED) is 0.847. The summed E-state index contributed by atoms with van der Waals surface area (Å²) in [6.07, 6.45) is 9.43. The van der Waals surface area contributed by atoms with Gasteiger partial charge in [0.05, 0.1) is 6.54 Å². The second-order valence-corrected chi connectivity index (χ2v) is 6.98. The maximum Gasteiger partial charge on any atom is 0.407 e. The van der Waals surface area contributed by atoms with E-state index >= 15 is 0 Å². The molecule has 8 nitrogen and oxygen atoms in total. The Hall–Kier alpha value is -2.12. The lowest BCUT2D eigenvalue weighted by molar-refractivity contribution is -0.0296. The summed E-state index contributed by atoms with van der Waals surface area (Å²) in [4.78, 5) is 13.7. The van der Waals surface area contributed by atoms with E-state index in [4.69, 9.17) is 4.74 Å². The maximum absolute atomic E-state index is 11.5. The third-order valence-electron chi connectivity index (χ3n) is 5.37. The van der Waals surface area contributed by atoms with Crippen molar-refractivity contribution in [3.05, 3.63) is 11.6 Å². The number of nitrogens with zero attached hydrogens (tertiary/aromatic N) is 5. The van der Waals surface area contributed by atoms with E-state index in [1.807, 2.05) is 4.68 Å². The molecule has 0 atom stereocenters. The number of alkyl carbamates (subject to hydrolysis) is 1. The number of carbonyl (C=O) groups excluding carboxylic acids is 1. The number of nitrogens with one attached hydrogen (secondary N) is 1. The monoisotopic (exact) mass is 332 g/mol. The van der Waals surface area contributed by atoms with Gasteiger partial charge in [0, 0.05) is 38.9 Å². The Morgan fingerprint density at radius 2 is 2.12 bits per heavy atom. The van der Waals surface area contributed by atoms with E-state index < -0.39 is 0 Å². The van der Waals surface area contributed by atoms with Crippen LogP contribution in [0.3, 0.4) is 0 Å². The Balaban J connectivity index is 1.42. The van der Waals surface area contributed by atoms with Crippen LogP contribution in [0.4, 0.5) is 10.7 Å². The van der Waals surface area contributed by atoms with E-state index in [9.17, 15) is 4.79 Å². The molecule has 8 heteroatoms. The van der Waals surface area contributed by atoms with Gasteiger partial charge in [0.15, 0.2) is 0 Å². The smallest absolute Gasteiger partial charge is 0.407 e. The molecule has 2 saturated heterocycles. The molecular formula is C16H24N6O2. The summed E-state index contributed by atoms with van der Waals surface area (Å²) in [7, 11) is 0. The minimum atomic E-state index is -0.303. The van der Waals surface area contributed by atoms with E-state index in [-0.39, 0.29) is 11.7 Å². The lowest BCUT2D eigenvalue weighted by atomic mass is 9.87. The van der Waals surface area contributed by atoms with Gasteiger partial charge in [-0.25, -0.2) is 9.48 Å². The van der Waals surface area contributed by atoms with Crippen molar-refractivity contribution in [1.29, 1.82) is 0 Å². The normalized spacial score (nSPS) is 23.6. The van der Waals surface area contributed by atoms with Crippen LogP contribution >= 0.6 is 0 Å². The molecular weight excluding hydrogens is 308 g/mol. The molecule has 4 rings (SSSR count). The summed E-state index contributed by atoms with van der Waals surface area (Å²) in [5.74, 6) is 0.830. The molecule has 3 heterocycles. The van der Waals surface area contributed by atoms with E-state index in [2.05, 4.69) is 31.8 Å². The highest BCUT2D eigenvalue weighted by Crippen LogP contribution is 2.33. The highest BCUT2D eigenvalue weighted by Gasteiger charge is 2.41. The molecule has 1 aromatic rings. The van der Waals surface area contributed by atoms with Gasteiger partial charge in [-0.3, -0.25) is 0 Å². The third kappa shape index (κ3) is 3.09. The average molecular weight is 332 g/mol. The van der Waals surface area contributed by atoms with Crippen molar-refractivity contribution in [1.82, 2.24) is 25.5 Å². The van der Waals surface area contributed by atoms with Crippen LogP contribution in [0.5, 0.6) is 0 Å². The van der Waals surface area contributed by atoms with Crippen LogP contribution in [0.25, 0.3) is 0 Å². The number of anilines is 1. The van der Waals surface area contributed by atoms with Gasteiger partial charge in [-0.05, 0) is 36.1 Å². The van der Waals surface area contributed by atoms with Crippen molar-refractivity contribution in [2.45, 2.75) is 57.1 Å². The lowest BCUT2D eigenvalue weighted by Crippen LogP contribution is -2.53. The van der Waals surface area contributed by atoms with Crippen molar-refractivity contribution in [3.8, 4) is 0 Å². The van der Waals surface area contributed by atoms with Crippen LogP contribution in [0, 0.1) is 0 Å². The Morgan fingerprint density at radius 3 is 2.88 bits per heavy atom. The molecule has 130 valence electrons. The van der Waals surface area contributed by atoms with Gasteiger partial charge in [0.2, 0.25) is 5.95 Å². The molecule has 2 fully saturated rings. The number of carbonyl (C=O) groups is 1. The molecule has 3 aliphatic rings. The molecule has 1 amide bonds. The standard InChI is InChI=1S/C16H24N6O2/c23-15-17-9-6-16(24-15)7-10-21(11-8-16)14-18-19-20-22(14)12-13-4-2-1-3-5-13/h4H,1-3,5-12H2,(H,17,23). The van der Waals surface area contributed by atoms with Gasteiger partial charge in [-0.1, -0.05) is 16.7 Å². The summed E-state index contributed by atoms with van der Waals surface area (Å²) >= 11 is 0. The summed E-state index contributed by atoms with van der Waals surface area (Å²) in [5, 5.41) is 15.0. The first-order chi connectivity index (χ1) is 11.7. The first-order valence-corrected chi connectivity index (χ1v) is 8.90. The predicted octanol–water partition coefficient (Wildman–Crippen LogP) is 1.64. The fraction of sp³-hybridized carbons (Fsp3) is 0.750. The molecule has 0 unspecified atom stereocenters. The number of hydrogen-bond acceptors (Lipinski definition) is 6. The zero-order chi connectivity index (χ0) is 16.4. The Labute approximate surface area is 141 Å². The van der Waals surface area contributed by atoms with Crippen LogP contribution in [0.2, 0.25) is 0 Å². The molecule has 1 N–H and O–H groups in total. The third-order valence-corrected chi connectivity index (χ3v) is 5.37. The average Bonchev–Trinajstić information content (AvgIpc) is 3.04. The number of amides is 1. The van der Waals surface area contributed by atoms with Crippen molar-refractivity contribution >= 4 is 12.0 Å². The summed E-state index contributed by atoms with van der Waals surface area (Å²) in [6.45, 7) is 3.10. The Bertz CT molecular complexity index is 632. The molecule has 1 spiro atoms. The Morgan fingerprint density at radius 1 is 1.25 bits per heavy atom. The molecule has 0 bridgehead atoms. The number of allylic oxidation sites excluding steroid dienone is 2. The van der Waals surface area contributed by atoms with Crippen LogP contribution in [0.15, 0.2) is 11.6 Å². The fourth-order valence-electron chi connectivity index (χ4n) is 3.91. The summed E-state index contributed by atoms with van der Waals surface area (Å²) < 4.78 is 7.49. The van der Waals surface area contributed by atoms with E-state index in [1.165, 1.54) is 24.8 Å². The van der Waals surface area contributed by atoms with E-state index in [1.54, 1.807) is 0 Å². The predicted molar refractivity (Wildman–Crippen MR) is 87.6 cm³/mol. The van der Waals surface area contributed by atoms with Gasteiger partial charge < -0.3 is 15.0 Å². The molecule has 24 heavy (non-hydrogen) atoms. The van der Waals surface area contributed by atoms with Gasteiger partial charge in [0.25, 0.3) is 0 Å². The zero-order valence-electron chi connectivity index (χ0n) is 13.9. The number of tetrazole rings is 1. The van der Waals surface area contributed by atoms with Crippen LogP contribution in [0.1, 0.15) is 44.9 Å². The van der Waals surface area contributed by atoms with Crippen molar-refractivity contribution in [2.75, 3.05) is 24.5 Å². The number of rotatable bonds is 3. The van der Waals surface area contributed by atoms with Crippen molar-refractivity contribution in [2.24, 2.45) is 0 Å². The van der Waals surface area contributed by atoms with Gasteiger partial charge >= 0.3 is 6.09 Å². The zero-order valence-corrected chi connectivity index (χ0v) is 13.9. The summed E-state index contributed by atoms with van der Waals surface area (Å²) in [5.41, 5.74) is 1.12. The fourth-order valence-corrected chi connectivity index (χ4v) is 3.91. The van der Waals surface area contributed by atoms with Gasteiger partial charge in [-0.15, -0.1) is 0 Å². The minimum Gasteiger partial charge on any atom is -0.443 e. The largest absolute Gasteiger partial charge is 0.443 e. The molecule has 2 aliphatic heterocycles. The van der Waals surface area contributed by atoms with Gasteiger partial charge in [-0.2, -0.15) is 0 Å². The van der Waals surface area contributed by atoms with Crippen LogP contribution in [-0.4, -0.2) is 51.5 Å². The second-order valence-electron chi connectivity index (χ2n) is 6.98. The van der Waals surface area contributed by atoms with Crippen molar-refractivity contribution < 1.29 is 9.53 Å². The molecule has 0 saturated carbocycles. The van der Waals surface area contributed by atoms with Crippen molar-refractivity contribution in [3.63, 3.8) is 0 Å². The highest BCUT2D eigenvalue weighted by molar-refractivity contribution is 5.68. The number of aromatic nitrogens is 4. The van der Waals surface area contributed by atoms with Gasteiger partial charge in [0.1, 0.15) is 5.60 Å². The lowest BCUT2D eigenvalue weighted by Gasteiger charge is -2.43. The van der Waals surface area contributed by atoms with E-state index in [0.717, 1.165) is 51.3 Å². The first kappa shape index (κ1) is 15.4. The minimum absolute atomic E-state index is 0.288. The Kier molecular flexibility index (Phi) is 4.12. The van der Waals surface area contributed by atoms with Crippen LogP contribution < -0.4 is 10.2 Å². The number of piperidine rings is 1. The second kappa shape index (κ2) is 6.41. The molecule has 1 aromatic heterocycles. The number of ether oxygens (including phenoxy) is 1.